The fourth-order valence-corrected chi connectivity index (χ4v) is 1.95. The first-order chi connectivity index (χ1) is 8.60. The summed E-state index contributed by atoms with van der Waals surface area (Å²) in [6.07, 6.45) is 1.64. The van der Waals surface area contributed by atoms with Crippen LogP contribution in [0, 0.1) is 11.3 Å². The van der Waals surface area contributed by atoms with Gasteiger partial charge < -0.3 is 11.1 Å². The van der Waals surface area contributed by atoms with Gasteiger partial charge in [-0.15, -0.1) is 0 Å². The molecule has 0 bridgehead atoms. The van der Waals surface area contributed by atoms with Crippen LogP contribution in [0.15, 0.2) is 34.9 Å². The zero-order chi connectivity index (χ0) is 13.1. The standard InChI is InChI=1S/C12H8BrClN4/c13-8-3-11(16)12(17-6-8)18-9-2-1-7(5-15)10(14)4-9/h1-4,6H,16H2,(H,17,18). The second-order valence-electron chi connectivity index (χ2n) is 3.52. The van der Waals surface area contributed by atoms with Crippen LogP contribution in [0.4, 0.5) is 17.2 Å². The number of hydrogen-bond acceptors (Lipinski definition) is 4. The van der Waals surface area contributed by atoms with Crippen molar-refractivity contribution in [3.05, 3.63) is 45.5 Å². The minimum absolute atomic E-state index is 0.387. The summed E-state index contributed by atoms with van der Waals surface area (Å²) in [4.78, 5) is 4.15. The third kappa shape index (κ3) is 2.73. The molecule has 6 heteroatoms. The van der Waals surface area contributed by atoms with Crippen molar-refractivity contribution in [2.24, 2.45) is 0 Å². The lowest BCUT2D eigenvalue weighted by molar-refractivity contribution is 1.29. The van der Waals surface area contributed by atoms with Gasteiger partial charge in [0, 0.05) is 16.4 Å². The van der Waals surface area contributed by atoms with E-state index in [4.69, 9.17) is 22.6 Å². The highest BCUT2D eigenvalue weighted by atomic mass is 79.9. The topological polar surface area (TPSA) is 74.7 Å². The zero-order valence-electron chi connectivity index (χ0n) is 9.11. The van der Waals surface area contributed by atoms with Gasteiger partial charge >= 0.3 is 0 Å². The van der Waals surface area contributed by atoms with E-state index < -0.39 is 0 Å². The highest BCUT2D eigenvalue weighted by Crippen LogP contribution is 2.26. The SMILES string of the molecule is N#Cc1ccc(Nc2ncc(Br)cc2N)cc1Cl. The Labute approximate surface area is 118 Å². The number of aromatic nitrogens is 1. The molecule has 0 saturated carbocycles. The first kappa shape index (κ1) is 12.7. The highest BCUT2D eigenvalue weighted by Gasteiger charge is 2.04. The van der Waals surface area contributed by atoms with Gasteiger partial charge in [0.05, 0.1) is 16.3 Å². The molecule has 0 atom stereocenters. The van der Waals surface area contributed by atoms with Crippen LogP contribution in [-0.4, -0.2) is 4.98 Å². The lowest BCUT2D eigenvalue weighted by Crippen LogP contribution is -1.99. The number of nitrogens with one attached hydrogen (secondary N) is 1. The molecule has 0 spiro atoms. The van der Waals surface area contributed by atoms with Crippen LogP contribution in [0.25, 0.3) is 0 Å². The molecule has 0 aliphatic heterocycles. The Morgan fingerprint density at radius 3 is 2.78 bits per heavy atom. The molecule has 1 heterocycles. The van der Waals surface area contributed by atoms with Gasteiger partial charge in [0.25, 0.3) is 0 Å². The predicted molar refractivity (Wildman–Crippen MR) is 75.8 cm³/mol. The zero-order valence-corrected chi connectivity index (χ0v) is 11.5. The largest absolute Gasteiger partial charge is 0.396 e. The van der Waals surface area contributed by atoms with Crippen molar-refractivity contribution in [1.29, 1.82) is 5.26 Å². The third-order valence-corrected chi connectivity index (χ3v) is 2.98. The Hall–Kier alpha value is -1.77. The van der Waals surface area contributed by atoms with Gasteiger partial charge in [0.1, 0.15) is 6.07 Å². The molecule has 1 aromatic heterocycles. The van der Waals surface area contributed by atoms with Gasteiger partial charge in [-0.05, 0) is 40.2 Å². The van der Waals surface area contributed by atoms with E-state index in [0.717, 1.165) is 10.2 Å². The summed E-state index contributed by atoms with van der Waals surface area (Å²) in [6.45, 7) is 0. The van der Waals surface area contributed by atoms with Gasteiger partial charge in [-0.2, -0.15) is 5.26 Å². The molecule has 0 aliphatic rings. The average Bonchev–Trinajstić information content (AvgIpc) is 2.33. The van der Waals surface area contributed by atoms with E-state index >= 15 is 0 Å². The maximum absolute atomic E-state index is 8.78. The van der Waals surface area contributed by atoms with Crippen LogP contribution in [0.2, 0.25) is 5.02 Å². The van der Waals surface area contributed by atoms with E-state index in [1.54, 1.807) is 30.5 Å². The lowest BCUT2D eigenvalue weighted by Gasteiger charge is -2.09. The van der Waals surface area contributed by atoms with E-state index in [9.17, 15) is 0 Å². The number of anilines is 3. The molecule has 0 amide bonds. The minimum atomic E-state index is 0.387. The van der Waals surface area contributed by atoms with Crippen LogP contribution in [0.3, 0.4) is 0 Å². The second-order valence-corrected chi connectivity index (χ2v) is 4.85. The first-order valence-electron chi connectivity index (χ1n) is 4.98. The summed E-state index contributed by atoms with van der Waals surface area (Å²) < 4.78 is 0.809. The van der Waals surface area contributed by atoms with Crippen molar-refractivity contribution in [3.63, 3.8) is 0 Å². The molecule has 0 fully saturated rings. The molecule has 1 aromatic carbocycles. The molecule has 0 saturated heterocycles. The van der Waals surface area contributed by atoms with E-state index in [1.807, 2.05) is 6.07 Å². The van der Waals surface area contributed by atoms with Crippen molar-refractivity contribution in [2.45, 2.75) is 0 Å². The van der Waals surface area contributed by atoms with Gasteiger partial charge in [-0.25, -0.2) is 4.98 Å². The van der Waals surface area contributed by atoms with Crippen LogP contribution < -0.4 is 11.1 Å². The number of hydrogen-bond donors (Lipinski definition) is 2. The van der Waals surface area contributed by atoms with Crippen molar-refractivity contribution >= 4 is 44.7 Å². The maximum Gasteiger partial charge on any atom is 0.153 e. The smallest absolute Gasteiger partial charge is 0.153 e. The van der Waals surface area contributed by atoms with Gasteiger partial charge in [-0.3, -0.25) is 0 Å². The summed E-state index contributed by atoms with van der Waals surface area (Å²) in [5.74, 6) is 0.541. The number of halogens is 2. The molecule has 0 unspecified atom stereocenters. The van der Waals surface area contributed by atoms with Gasteiger partial charge in [0.15, 0.2) is 5.82 Å². The summed E-state index contributed by atoms with van der Waals surface area (Å²) in [7, 11) is 0. The Kier molecular flexibility index (Phi) is 3.70. The molecular weight excluding hydrogens is 316 g/mol. The fourth-order valence-electron chi connectivity index (χ4n) is 1.38. The molecule has 0 radical (unpaired) electrons. The molecule has 0 aliphatic carbocycles. The maximum atomic E-state index is 8.78. The van der Waals surface area contributed by atoms with Crippen molar-refractivity contribution in [2.75, 3.05) is 11.1 Å². The van der Waals surface area contributed by atoms with Gasteiger partial charge in [0.2, 0.25) is 0 Å². The van der Waals surface area contributed by atoms with Crippen molar-refractivity contribution in [1.82, 2.24) is 4.98 Å². The minimum Gasteiger partial charge on any atom is -0.396 e. The molecule has 2 aromatic rings. The number of benzene rings is 1. The summed E-state index contributed by atoms with van der Waals surface area (Å²) >= 11 is 9.22. The van der Waals surface area contributed by atoms with E-state index in [1.165, 1.54) is 0 Å². The third-order valence-electron chi connectivity index (χ3n) is 2.24. The second kappa shape index (κ2) is 5.25. The molecule has 18 heavy (non-hydrogen) atoms. The fraction of sp³-hybridized carbons (Fsp3) is 0. The average molecular weight is 324 g/mol. The quantitative estimate of drug-likeness (QED) is 0.883. The number of nitriles is 1. The van der Waals surface area contributed by atoms with E-state index in [-0.39, 0.29) is 0 Å². The monoisotopic (exact) mass is 322 g/mol. The Morgan fingerprint density at radius 1 is 1.39 bits per heavy atom. The Bertz CT molecular complexity index is 636. The number of pyridine rings is 1. The van der Waals surface area contributed by atoms with Crippen LogP contribution >= 0.6 is 27.5 Å². The number of nitrogens with zero attached hydrogens (tertiary/aromatic N) is 2. The summed E-state index contributed by atoms with van der Waals surface area (Å²) in [5, 5.41) is 12.2. The molecular formula is C12H8BrClN4. The van der Waals surface area contributed by atoms with Crippen LogP contribution in [0.5, 0.6) is 0 Å². The number of rotatable bonds is 2. The van der Waals surface area contributed by atoms with Crippen LogP contribution in [-0.2, 0) is 0 Å². The Balaban J connectivity index is 2.29. The molecule has 4 nitrogen and oxygen atoms in total. The normalized spacial score (nSPS) is 9.83. The first-order valence-corrected chi connectivity index (χ1v) is 6.15. The molecule has 90 valence electrons. The van der Waals surface area contributed by atoms with Crippen molar-refractivity contribution < 1.29 is 0 Å². The molecule has 2 rings (SSSR count). The highest BCUT2D eigenvalue weighted by molar-refractivity contribution is 9.10. The Morgan fingerprint density at radius 2 is 2.17 bits per heavy atom. The van der Waals surface area contributed by atoms with Gasteiger partial charge in [-0.1, -0.05) is 11.6 Å². The van der Waals surface area contributed by atoms with Crippen LogP contribution in [0.1, 0.15) is 5.56 Å². The van der Waals surface area contributed by atoms with E-state index in [0.29, 0.717) is 22.1 Å². The predicted octanol–water partition coefficient (Wildman–Crippen LogP) is 3.69. The van der Waals surface area contributed by atoms with E-state index in [2.05, 4.69) is 26.2 Å². The number of nitrogen functional groups attached to an aromatic ring is 1. The molecule has 3 N–H and O–H groups in total. The lowest BCUT2D eigenvalue weighted by atomic mass is 10.2. The summed E-state index contributed by atoms with van der Waals surface area (Å²) in [6, 6.07) is 8.79. The number of nitrogens with two attached hydrogens (primary N) is 1. The summed E-state index contributed by atoms with van der Waals surface area (Å²) in [5.41, 5.74) is 7.49. The van der Waals surface area contributed by atoms with Crippen molar-refractivity contribution in [3.8, 4) is 6.07 Å².